The second kappa shape index (κ2) is 6.80. The van der Waals surface area contributed by atoms with Crippen molar-refractivity contribution in [2.45, 2.75) is 31.7 Å². The third-order valence-corrected chi connectivity index (χ3v) is 4.70. The van der Waals surface area contributed by atoms with Crippen molar-refractivity contribution in [1.29, 1.82) is 0 Å². The molecule has 0 amide bonds. The lowest BCUT2D eigenvalue weighted by Gasteiger charge is -2.29. The van der Waals surface area contributed by atoms with Gasteiger partial charge in [-0.3, -0.25) is 4.68 Å². The van der Waals surface area contributed by atoms with Crippen LogP contribution in [-0.4, -0.2) is 21.5 Å². The predicted octanol–water partition coefficient (Wildman–Crippen LogP) is 4.56. The van der Waals surface area contributed by atoms with E-state index in [0.29, 0.717) is 24.2 Å². The van der Waals surface area contributed by atoms with Crippen molar-refractivity contribution in [2.24, 2.45) is 0 Å². The molecule has 0 N–H and O–H groups in total. The van der Waals surface area contributed by atoms with Crippen LogP contribution in [0.4, 0.5) is 4.39 Å². The van der Waals surface area contributed by atoms with Gasteiger partial charge in [0.1, 0.15) is 5.82 Å². The molecule has 0 fully saturated rings. The van der Waals surface area contributed by atoms with E-state index in [2.05, 4.69) is 18.9 Å². The highest BCUT2D eigenvalue weighted by atomic mass is 35.5. The lowest BCUT2D eigenvalue weighted by molar-refractivity contribution is 0.495. The minimum Gasteiger partial charge on any atom is -0.270 e. The standard InChI is InChI=1S/C16H19Cl2FN2/c1-12(2)21-8-7-15(20-21)9-16(10-17,11-18)13-3-5-14(19)6-4-13/h3-8,12H,9-11H2,1-2H3. The zero-order valence-electron chi connectivity index (χ0n) is 12.2. The summed E-state index contributed by atoms with van der Waals surface area (Å²) < 4.78 is 15.0. The molecule has 1 heterocycles. The van der Waals surface area contributed by atoms with Crippen LogP contribution in [0.15, 0.2) is 36.5 Å². The van der Waals surface area contributed by atoms with E-state index in [0.717, 1.165) is 11.3 Å². The zero-order valence-corrected chi connectivity index (χ0v) is 13.7. The minimum atomic E-state index is -0.438. The van der Waals surface area contributed by atoms with Gasteiger partial charge >= 0.3 is 0 Å². The normalized spacial score (nSPS) is 12.1. The lowest BCUT2D eigenvalue weighted by Crippen LogP contribution is -2.33. The molecule has 0 aliphatic carbocycles. The monoisotopic (exact) mass is 328 g/mol. The fourth-order valence-corrected chi connectivity index (χ4v) is 3.08. The van der Waals surface area contributed by atoms with Crippen LogP contribution in [-0.2, 0) is 11.8 Å². The van der Waals surface area contributed by atoms with Crippen LogP contribution in [0.3, 0.4) is 0 Å². The average molecular weight is 329 g/mol. The van der Waals surface area contributed by atoms with Crippen LogP contribution >= 0.6 is 23.2 Å². The number of hydrogen-bond donors (Lipinski definition) is 0. The number of benzene rings is 1. The van der Waals surface area contributed by atoms with Crippen LogP contribution in [0, 0.1) is 5.82 Å². The molecule has 0 radical (unpaired) electrons. The highest BCUT2D eigenvalue weighted by Crippen LogP contribution is 2.31. The zero-order chi connectivity index (χ0) is 15.5. The average Bonchev–Trinajstić information content (AvgIpc) is 2.94. The van der Waals surface area contributed by atoms with E-state index >= 15 is 0 Å². The molecule has 0 saturated heterocycles. The summed E-state index contributed by atoms with van der Waals surface area (Å²) >= 11 is 12.4. The maximum atomic E-state index is 13.1. The van der Waals surface area contributed by atoms with Crippen molar-refractivity contribution in [3.63, 3.8) is 0 Å². The van der Waals surface area contributed by atoms with Gasteiger partial charge in [-0.25, -0.2) is 4.39 Å². The molecule has 0 saturated carbocycles. The van der Waals surface area contributed by atoms with Gasteiger partial charge in [0.05, 0.1) is 5.69 Å². The summed E-state index contributed by atoms with van der Waals surface area (Å²) in [5.74, 6) is 0.453. The summed E-state index contributed by atoms with van der Waals surface area (Å²) in [4.78, 5) is 0. The van der Waals surface area contributed by atoms with E-state index in [1.807, 2.05) is 16.9 Å². The van der Waals surface area contributed by atoms with Crippen LogP contribution in [0.1, 0.15) is 31.1 Å². The summed E-state index contributed by atoms with van der Waals surface area (Å²) in [5, 5.41) is 4.56. The number of hydrogen-bond acceptors (Lipinski definition) is 1. The summed E-state index contributed by atoms with van der Waals surface area (Å²) in [6.07, 6.45) is 2.59. The van der Waals surface area contributed by atoms with Crippen molar-refractivity contribution in [3.05, 3.63) is 53.6 Å². The number of aromatic nitrogens is 2. The van der Waals surface area contributed by atoms with E-state index in [-0.39, 0.29) is 5.82 Å². The number of rotatable bonds is 6. The topological polar surface area (TPSA) is 17.8 Å². The Balaban J connectivity index is 2.30. The molecule has 0 aliphatic rings. The second-order valence-electron chi connectivity index (χ2n) is 5.61. The van der Waals surface area contributed by atoms with Gasteiger partial charge in [-0.15, -0.1) is 23.2 Å². The fraction of sp³-hybridized carbons (Fsp3) is 0.438. The van der Waals surface area contributed by atoms with Crippen LogP contribution in [0.25, 0.3) is 0 Å². The Hall–Kier alpha value is -1.06. The quantitative estimate of drug-likeness (QED) is 0.710. The molecule has 5 heteroatoms. The molecule has 0 atom stereocenters. The fourth-order valence-electron chi connectivity index (χ4n) is 2.30. The first-order chi connectivity index (χ1) is 10.0. The first-order valence-corrected chi connectivity index (χ1v) is 7.99. The largest absolute Gasteiger partial charge is 0.270 e. The van der Waals surface area contributed by atoms with Gasteiger partial charge in [0, 0.05) is 35.8 Å². The number of nitrogens with zero attached hydrogens (tertiary/aromatic N) is 2. The summed E-state index contributed by atoms with van der Waals surface area (Å²) in [7, 11) is 0. The smallest absolute Gasteiger partial charge is 0.123 e. The van der Waals surface area contributed by atoms with E-state index < -0.39 is 5.41 Å². The SMILES string of the molecule is CC(C)n1ccc(CC(CCl)(CCl)c2ccc(F)cc2)n1. The molecule has 114 valence electrons. The van der Waals surface area contributed by atoms with Gasteiger partial charge in [-0.05, 0) is 37.6 Å². The van der Waals surface area contributed by atoms with Crippen molar-refractivity contribution in [1.82, 2.24) is 9.78 Å². The molecular weight excluding hydrogens is 310 g/mol. The molecule has 2 nitrogen and oxygen atoms in total. The van der Waals surface area contributed by atoms with E-state index in [1.165, 1.54) is 12.1 Å². The van der Waals surface area contributed by atoms with Crippen molar-refractivity contribution >= 4 is 23.2 Å². The Morgan fingerprint density at radius 3 is 2.24 bits per heavy atom. The van der Waals surface area contributed by atoms with Crippen LogP contribution < -0.4 is 0 Å². The third-order valence-electron chi connectivity index (χ3n) is 3.68. The molecule has 21 heavy (non-hydrogen) atoms. The number of halogens is 3. The van der Waals surface area contributed by atoms with Crippen molar-refractivity contribution in [3.8, 4) is 0 Å². The second-order valence-corrected chi connectivity index (χ2v) is 6.15. The molecular formula is C16H19Cl2FN2. The molecule has 1 aromatic heterocycles. The lowest BCUT2D eigenvalue weighted by atomic mass is 9.80. The van der Waals surface area contributed by atoms with Crippen LogP contribution in [0.5, 0.6) is 0 Å². The van der Waals surface area contributed by atoms with Gasteiger partial charge in [0.25, 0.3) is 0 Å². The maximum Gasteiger partial charge on any atom is 0.123 e. The van der Waals surface area contributed by atoms with Gasteiger partial charge in [-0.2, -0.15) is 5.10 Å². The minimum absolute atomic E-state index is 0.263. The van der Waals surface area contributed by atoms with E-state index in [9.17, 15) is 4.39 Å². The first-order valence-electron chi connectivity index (χ1n) is 6.93. The summed E-state index contributed by atoms with van der Waals surface area (Å²) in [6, 6.07) is 8.67. The summed E-state index contributed by atoms with van der Waals surface area (Å²) in [5.41, 5.74) is 1.44. The van der Waals surface area contributed by atoms with Crippen LogP contribution in [0.2, 0.25) is 0 Å². The Morgan fingerprint density at radius 1 is 1.14 bits per heavy atom. The van der Waals surface area contributed by atoms with Gasteiger partial charge < -0.3 is 0 Å². The van der Waals surface area contributed by atoms with Crippen molar-refractivity contribution < 1.29 is 4.39 Å². The molecule has 0 spiro atoms. The van der Waals surface area contributed by atoms with E-state index in [4.69, 9.17) is 23.2 Å². The molecule has 1 aromatic carbocycles. The van der Waals surface area contributed by atoms with Gasteiger partial charge in [0.2, 0.25) is 0 Å². The molecule has 0 aliphatic heterocycles. The van der Waals surface area contributed by atoms with Gasteiger partial charge in [-0.1, -0.05) is 12.1 Å². The molecule has 0 unspecified atom stereocenters. The Morgan fingerprint density at radius 2 is 1.76 bits per heavy atom. The number of alkyl halides is 2. The molecule has 2 rings (SSSR count). The van der Waals surface area contributed by atoms with Gasteiger partial charge in [0.15, 0.2) is 0 Å². The Labute approximate surface area is 134 Å². The third kappa shape index (κ3) is 3.58. The Bertz CT molecular complexity index is 574. The molecule has 2 aromatic rings. The highest BCUT2D eigenvalue weighted by Gasteiger charge is 2.32. The van der Waals surface area contributed by atoms with Crippen molar-refractivity contribution in [2.75, 3.05) is 11.8 Å². The summed E-state index contributed by atoms with van der Waals surface area (Å²) in [6.45, 7) is 4.15. The maximum absolute atomic E-state index is 13.1. The Kier molecular flexibility index (Phi) is 5.28. The highest BCUT2D eigenvalue weighted by molar-refractivity contribution is 6.22. The predicted molar refractivity (Wildman–Crippen MR) is 85.8 cm³/mol. The van der Waals surface area contributed by atoms with E-state index in [1.54, 1.807) is 12.1 Å². The molecule has 0 bridgehead atoms. The first kappa shape index (κ1) is 16.3.